The summed E-state index contributed by atoms with van der Waals surface area (Å²) in [6.07, 6.45) is 3.44. The van der Waals surface area contributed by atoms with Gasteiger partial charge >= 0.3 is 0 Å². The van der Waals surface area contributed by atoms with Gasteiger partial charge < -0.3 is 20.8 Å². The van der Waals surface area contributed by atoms with Crippen LogP contribution in [0.25, 0.3) is 11.0 Å². The second kappa shape index (κ2) is 8.14. The topological polar surface area (TPSA) is 114 Å². The second-order valence-electron chi connectivity index (χ2n) is 6.60. The first-order chi connectivity index (χ1) is 12.6. The molecule has 1 heterocycles. The second-order valence-corrected chi connectivity index (χ2v) is 6.60. The molecule has 0 unspecified atom stereocenters. The van der Waals surface area contributed by atoms with E-state index in [1.807, 2.05) is 0 Å². The Morgan fingerprint density at radius 1 is 1.08 bits per heavy atom. The van der Waals surface area contributed by atoms with Crippen LogP contribution < -0.4 is 21.8 Å². The van der Waals surface area contributed by atoms with Gasteiger partial charge in [0.15, 0.2) is 11.2 Å². The maximum atomic E-state index is 12.4. The van der Waals surface area contributed by atoms with Crippen LogP contribution in [0.3, 0.4) is 0 Å². The molecule has 7 nitrogen and oxygen atoms in total. The van der Waals surface area contributed by atoms with Crippen molar-refractivity contribution in [2.45, 2.75) is 44.2 Å². The highest BCUT2D eigenvalue weighted by Crippen LogP contribution is 2.19. The largest absolute Gasteiger partial charge is 0.451 e. The lowest BCUT2D eigenvalue weighted by molar-refractivity contribution is -0.121. The molecule has 2 amide bonds. The van der Waals surface area contributed by atoms with Gasteiger partial charge in [0.2, 0.25) is 5.91 Å². The summed E-state index contributed by atoms with van der Waals surface area (Å²) in [5.41, 5.74) is 5.54. The van der Waals surface area contributed by atoms with Gasteiger partial charge in [-0.15, -0.1) is 0 Å². The number of hydrogen-bond acceptors (Lipinski definition) is 5. The lowest BCUT2D eigenvalue weighted by Crippen LogP contribution is -2.44. The predicted molar refractivity (Wildman–Crippen MR) is 97.8 cm³/mol. The van der Waals surface area contributed by atoms with E-state index in [2.05, 4.69) is 10.6 Å². The SMILES string of the molecule is NCCC(=O)NC1CCC(NC(=O)c2cc(=O)c3ccccc3o2)CC1. The zero-order valence-electron chi connectivity index (χ0n) is 14.5. The Balaban J connectivity index is 1.58. The van der Waals surface area contributed by atoms with Gasteiger partial charge in [0.05, 0.1) is 5.39 Å². The molecule has 4 N–H and O–H groups in total. The molecule has 1 aromatic carbocycles. The van der Waals surface area contributed by atoms with Gasteiger partial charge in [0, 0.05) is 31.1 Å². The predicted octanol–water partition coefficient (Wildman–Crippen LogP) is 1.30. The van der Waals surface area contributed by atoms with Gasteiger partial charge in [0.1, 0.15) is 5.58 Å². The van der Waals surface area contributed by atoms with Gasteiger partial charge in [-0.1, -0.05) is 12.1 Å². The molecule has 1 aliphatic carbocycles. The molecule has 1 aliphatic rings. The Morgan fingerprint density at radius 2 is 1.73 bits per heavy atom. The number of nitrogens with two attached hydrogens (primary N) is 1. The lowest BCUT2D eigenvalue weighted by Gasteiger charge is -2.29. The highest BCUT2D eigenvalue weighted by atomic mass is 16.3. The number of benzene rings is 1. The molecule has 7 heteroatoms. The van der Waals surface area contributed by atoms with Crippen molar-refractivity contribution in [1.29, 1.82) is 0 Å². The number of para-hydroxylation sites is 1. The number of carbonyl (C=O) groups is 2. The molecule has 0 bridgehead atoms. The summed E-state index contributed by atoms with van der Waals surface area (Å²) in [5, 5.41) is 6.34. The molecule has 3 rings (SSSR count). The molecule has 0 atom stereocenters. The van der Waals surface area contributed by atoms with Crippen molar-refractivity contribution >= 4 is 22.8 Å². The Morgan fingerprint density at radius 3 is 2.42 bits per heavy atom. The van der Waals surface area contributed by atoms with Crippen LogP contribution in [-0.2, 0) is 4.79 Å². The maximum absolute atomic E-state index is 12.4. The third kappa shape index (κ3) is 4.29. The van der Waals surface area contributed by atoms with E-state index in [1.165, 1.54) is 6.07 Å². The average Bonchev–Trinajstić information content (AvgIpc) is 2.63. The normalized spacial score (nSPS) is 19.9. The first kappa shape index (κ1) is 18.1. The average molecular weight is 357 g/mol. The number of nitrogens with one attached hydrogen (secondary N) is 2. The van der Waals surface area contributed by atoms with E-state index in [4.69, 9.17) is 10.2 Å². The van der Waals surface area contributed by atoms with Crippen LogP contribution >= 0.6 is 0 Å². The molecule has 1 saturated carbocycles. The minimum Gasteiger partial charge on any atom is -0.451 e. The van der Waals surface area contributed by atoms with Crippen molar-refractivity contribution in [2.24, 2.45) is 5.73 Å². The van der Waals surface area contributed by atoms with Crippen molar-refractivity contribution in [2.75, 3.05) is 6.54 Å². The first-order valence-electron chi connectivity index (χ1n) is 8.90. The highest BCUT2D eigenvalue weighted by molar-refractivity contribution is 5.93. The summed E-state index contributed by atoms with van der Waals surface area (Å²) in [6, 6.07) is 8.21. The molecule has 1 fully saturated rings. The van der Waals surface area contributed by atoms with E-state index >= 15 is 0 Å². The van der Waals surface area contributed by atoms with Crippen molar-refractivity contribution in [3.63, 3.8) is 0 Å². The van der Waals surface area contributed by atoms with E-state index in [0.29, 0.717) is 23.9 Å². The number of amides is 2. The number of hydrogen-bond donors (Lipinski definition) is 3. The van der Waals surface area contributed by atoms with Crippen molar-refractivity contribution in [3.05, 3.63) is 46.3 Å². The first-order valence-corrected chi connectivity index (χ1v) is 8.90. The smallest absolute Gasteiger partial charge is 0.287 e. The molecular weight excluding hydrogens is 334 g/mol. The highest BCUT2D eigenvalue weighted by Gasteiger charge is 2.24. The number of rotatable bonds is 5. The zero-order valence-corrected chi connectivity index (χ0v) is 14.5. The maximum Gasteiger partial charge on any atom is 0.287 e. The molecule has 138 valence electrons. The standard InChI is InChI=1S/C19H23N3O4/c20-10-9-18(24)21-12-5-7-13(8-6-12)22-19(25)17-11-15(23)14-3-1-2-4-16(14)26-17/h1-4,11-13H,5-10,20H2,(H,21,24)(H,22,25). The minimum atomic E-state index is -0.386. The minimum absolute atomic E-state index is 0.00179. The molecule has 0 saturated heterocycles. The molecule has 0 radical (unpaired) electrons. The molecule has 0 aliphatic heterocycles. The van der Waals surface area contributed by atoms with Gasteiger partial charge in [0.25, 0.3) is 5.91 Å². The fraction of sp³-hybridized carbons (Fsp3) is 0.421. The Bertz CT molecular complexity index is 853. The summed E-state index contributed by atoms with van der Waals surface area (Å²) in [4.78, 5) is 36.1. The third-order valence-electron chi connectivity index (χ3n) is 4.66. The van der Waals surface area contributed by atoms with Gasteiger partial charge in [-0.2, -0.15) is 0 Å². The van der Waals surface area contributed by atoms with Crippen LogP contribution in [0.15, 0.2) is 39.5 Å². The summed E-state index contributed by atoms with van der Waals surface area (Å²) in [5.74, 6) is -0.395. The van der Waals surface area contributed by atoms with E-state index in [-0.39, 0.29) is 35.1 Å². The van der Waals surface area contributed by atoms with Crippen molar-refractivity contribution in [1.82, 2.24) is 10.6 Å². The van der Waals surface area contributed by atoms with E-state index in [9.17, 15) is 14.4 Å². The lowest BCUT2D eigenvalue weighted by atomic mass is 9.91. The Kier molecular flexibility index (Phi) is 5.68. The zero-order chi connectivity index (χ0) is 18.5. The van der Waals surface area contributed by atoms with Crippen LogP contribution in [0.2, 0.25) is 0 Å². The molecule has 2 aromatic rings. The number of fused-ring (bicyclic) bond motifs is 1. The Hall–Kier alpha value is -2.67. The van der Waals surface area contributed by atoms with Gasteiger partial charge in [-0.05, 0) is 37.8 Å². The van der Waals surface area contributed by atoms with E-state index in [0.717, 1.165) is 25.7 Å². The van der Waals surface area contributed by atoms with Crippen LogP contribution in [0.4, 0.5) is 0 Å². The van der Waals surface area contributed by atoms with Crippen LogP contribution in [0.1, 0.15) is 42.7 Å². The number of carbonyl (C=O) groups excluding carboxylic acids is 2. The quantitative estimate of drug-likeness (QED) is 0.746. The summed E-state index contributed by atoms with van der Waals surface area (Å²) in [6.45, 7) is 0.341. The third-order valence-corrected chi connectivity index (χ3v) is 4.66. The van der Waals surface area contributed by atoms with E-state index in [1.54, 1.807) is 24.3 Å². The molecule has 26 heavy (non-hydrogen) atoms. The fourth-order valence-electron chi connectivity index (χ4n) is 3.29. The Labute approximate surface area is 150 Å². The summed E-state index contributed by atoms with van der Waals surface area (Å²) in [7, 11) is 0. The van der Waals surface area contributed by atoms with Crippen LogP contribution in [0, 0.1) is 0 Å². The van der Waals surface area contributed by atoms with Gasteiger partial charge in [-0.25, -0.2) is 0 Å². The molecular formula is C19H23N3O4. The van der Waals surface area contributed by atoms with E-state index < -0.39 is 0 Å². The fourth-order valence-corrected chi connectivity index (χ4v) is 3.29. The summed E-state index contributed by atoms with van der Waals surface area (Å²) < 4.78 is 5.57. The van der Waals surface area contributed by atoms with Gasteiger partial charge in [-0.3, -0.25) is 14.4 Å². The summed E-state index contributed by atoms with van der Waals surface area (Å²) >= 11 is 0. The van der Waals surface area contributed by atoms with Crippen molar-refractivity contribution < 1.29 is 14.0 Å². The van der Waals surface area contributed by atoms with Crippen LogP contribution in [-0.4, -0.2) is 30.4 Å². The molecule has 1 aromatic heterocycles. The molecule has 0 spiro atoms. The van der Waals surface area contributed by atoms with Crippen molar-refractivity contribution in [3.8, 4) is 0 Å². The monoisotopic (exact) mass is 357 g/mol. The van der Waals surface area contributed by atoms with Crippen LogP contribution in [0.5, 0.6) is 0 Å².